The Balaban J connectivity index is 2.03. The van der Waals surface area contributed by atoms with Crippen LogP contribution in [0.4, 0.5) is 0 Å². The molecule has 0 aliphatic heterocycles. The summed E-state index contributed by atoms with van der Waals surface area (Å²) in [5.74, 6) is 1.01. The minimum absolute atomic E-state index is 0.322. The number of hydrogen-bond acceptors (Lipinski definition) is 2. The van der Waals surface area contributed by atoms with Crippen molar-refractivity contribution >= 4 is 27.7 Å². The molecule has 0 heterocycles. The topological polar surface area (TPSA) is 26.0 Å². The zero-order valence-electron chi connectivity index (χ0n) is 12.6. The monoisotopic (exact) mass is 357 g/mol. The van der Waals surface area contributed by atoms with Crippen molar-refractivity contribution < 1.29 is 0 Å². The molecule has 0 spiro atoms. The lowest BCUT2D eigenvalue weighted by Gasteiger charge is -2.11. The molecule has 0 saturated heterocycles. The van der Waals surface area contributed by atoms with Gasteiger partial charge in [-0.3, -0.25) is 0 Å². The third kappa shape index (κ3) is 8.33. The molecule has 1 aromatic carbocycles. The van der Waals surface area contributed by atoms with E-state index >= 15 is 0 Å². The highest BCUT2D eigenvalue weighted by Crippen LogP contribution is 2.27. The highest BCUT2D eigenvalue weighted by molar-refractivity contribution is 9.10. The van der Waals surface area contributed by atoms with Gasteiger partial charge in [-0.05, 0) is 34.5 Å². The van der Waals surface area contributed by atoms with Gasteiger partial charge in [0.05, 0.1) is 0 Å². The summed E-state index contributed by atoms with van der Waals surface area (Å²) >= 11 is 5.44. The third-order valence-electron chi connectivity index (χ3n) is 3.47. The largest absolute Gasteiger partial charge is 0.327 e. The van der Waals surface area contributed by atoms with Crippen LogP contribution >= 0.6 is 27.7 Å². The van der Waals surface area contributed by atoms with Crippen molar-refractivity contribution in [1.82, 2.24) is 0 Å². The second-order valence-corrected chi connectivity index (χ2v) is 7.33. The smallest absolute Gasteiger partial charge is 0.0311 e. The average molecular weight is 358 g/mol. The highest BCUT2D eigenvalue weighted by Gasteiger charge is 2.05. The van der Waals surface area contributed by atoms with Gasteiger partial charge in [-0.1, -0.05) is 64.0 Å². The summed E-state index contributed by atoms with van der Waals surface area (Å²) in [4.78, 5) is 1.29. The van der Waals surface area contributed by atoms with Crippen LogP contribution in [0.2, 0.25) is 0 Å². The predicted octanol–water partition coefficient (Wildman–Crippen LogP) is 6.01. The van der Waals surface area contributed by atoms with Crippen LogP contribution in [0, 0.1) is 0 Å². The van der Waals surface area contributed by atoms with E-state index in [1.165, 1.54) is 54.3 Å². The number of benzene rings is 1. The van der Waals surface area contributed by atoms with Crippen molar-refractivity contribution in [2.75, 3.05) is 5.75 Å². The van der Waals surface area contributed by atoms with E-state index in [2.05, 4.69) is 41.1 Å². The first kappa shape index (κ1) is 18.1. The van der Waals surface area contributed by atoms with Gasteiger partial charge in [-0.15, -0.1) is 11.8 Å². The van der Waals surface area contributed by atoms with Gasteiger partial charge in [0.25, 0.3) is 0 Å². The van der Waals surface area contributed by atoms with Gasteiger partial charge in [0, 0.05) is 21.2 Å². The number of hydrogen-bond donors (Lipinski definition) is 1. The summed E-state index contributed by atoms with van der Waals surface area (Å²) in [5, 5.41) is 0. The van der Waals surface area contributed by atoms with Crippen molar-refractivity contribution in [2.45, 2.75) is 69.2 Å². The van der Waals surface area contributed by atoms with Gasteiger partial charge in [0.2, 0.25) is 0 Å². The molecular weight excluding hydrogens is 330 g/mol. The van der Waals surface area contributed by atoms with E-state index in [0.717, 1.165) is 12.2 Å². The van der Waals surface area contributed by atoms with Crippen LogP contribution < -0.4 is 5.73 Å². The summed E-state index contributed by atoms with van der Waals surface area (Å²) in [7, 11) is 0. The maximum absolute atomic E-state index is 6.20. The molecular formula is C17H28BrNS. The van der Waals surface area contributed by atoms with Crippen molar-refractivity contribution in [1.29, 1.82) is 0 Å². The zero-order chi connectivity index (χ0) is 14.6. The molecule has 0 radical (unpaired) electrons. The Morgan fingerprint density at radius 2 is 1.70 bits per heavy atom. The van der Waals surface area contributed by atoms with Crippen LogP contribution in [0.1, 0.15) is 58.3 Å². The first-order valence-electron chi connectivity index (χ1n) is 7.87. The van der Waals surface area contributed by atoms with Crippen LogP contribution in [-0.2, 0) is 0 Å². The molecule has 0 saturated carbocycles. The molecule has 20 heavy (non-hydrogen) atoms. The van der Waals surface area contributed by atoms with E-state index in [9.17, 15) is 0 Å². The lowest BCUT2D eigenvalue weighted by Crippen LogP contribution is -2.22. The van der Waals surface area contributed by atoms with Crippen molar-refractivity contribution in [2.24, 2.45) is 5.73 Å². The average Bonchev–Trinajstić information content (AvgIpc) is 2.45. The Labute approximate surface area is 137 Å². The Kier molecular flexibility index (Phi) is 10.5. The maximum Gasteiger partial charge on any atom is 0.0311 e. The molecule has 114 valence electrons. The number of unbranched alkanes of at least 4 members (excludes halogenated alkanes) is 6. The molecule has 2 N–H and O–H groups in total. The van der Waals surface area contributed by atoms with E-state index in [0.29, 0.717) is 6.04 Å². The van der Waals surface area contributed by atoms with Crippen LogP contribution in [0.5, 0.6) is 0 Å². The molecule has 0 aromatic heterocycles. The van der Waals surface area contributed by atoms with E-state index in [-0.39, 0.29) is 0 Å². The van der Waals surface area contributed by atoms with Gasteiger partial charge >= 0.3 is 0 Å². The van der Waals surface area contributed by atoms with Gasteiger partial charge in [-0.25, -0.2) is 0 Å². The summed E-state index contributed by atoms with van der Waals surface area (Å²) in [6.45, 7) is 2.27. The Morgan fingerprint density at radius 3 is 2.40 bits per heavy atom. The van der Waals surface area contributed by atoms with Crippen LogP contribution in [-0.4, -0.2) is 11.8 Å². The number of rotatable bonds is 11. The minimum atomic E-state index is 0.322. The summed E-state index contributed by atoms with van der Waals surface area (Å²) in [5.41, 5.74) is 6.20. The summed E-state index contributed by atoms with van der Waals surface area (Å²) in [6, 6.07) is 8.68. The number of thioether (sulfide) groups is 1. The molecule has 3 heteroatoms. The molecule has 0 aliphatic rings. The Morgan fingerprint density at radius 1 is 1.05 bits per heavy atom. The van der Waals surface area contributed by atoms with Crippen LogP contribution in [0.3, 0.4) is 0 Å². The molecule has 1 atom stereocenters. The summed E-state index contributed by atoms with van der Waals surface area (Å²) < 4.78 is 1.17. The van der Waals surface area contributed by atoms with E-state index < -0.39 is 0 Å². The second-order valence-electron chi connectivity index (χ2n) is 5.41. The maximum atomic E-state index is 6.20. The molecule has 1 nitrogen and oxygen atoms in total. The third-order valence-corrected chi connectivity index (χ3v) is 5.68. The van der Waals surface area contributed by atoms with Crippen LogP contribution in [0.15, 0.2) is 33.6 Å². The van der Waals surface area contributed by atoms with Crippen molar-refractivity contribution in [3.63, 3.8) is 0 Å². The molecule has 1 aromatic rings. The zero-order valence-corrected chi connectivity index (χ0v) is 15.0. The van der Waals surface area contributed by atoms with E-state index in [1.54, 1.807) is 0 Å². The lowest BCUT2D eigenvalue weighted by atomic mass is 10.1. The molecule has 0 bridgehead atoms. The predicted molar refractivity (Wildman–Crippen MR) is 95.5 cm³/mol. The fraction of sp³-hybridized carbons (Fsp3) is 0.647. The Bertz CT molecular complexity index is 357. The Hall–Kier alpha value is 0.01000. The minimum Gasteiger partial charge on any atom is -0.327 e. The van der Waals surface area contributed by atoms with Gasteiger partial charge in [-0.2, -0.15) is 0 Å². The molecule has 0 amide bonds. The second kappa shape index (κ2) is 11.6. The molecule has 0 fully saturated rings. The van der Waals surface area contributed by atoms with Crippen LogP contribution in [0.25, 0.3) is 0 Å². The van der Waals surface area contributed by atoms with E-state index in [4.69, 9.17) is 5.73 Å². The van der Waals surface area contributed by atoms with Gasteiger partial charge < -0.3 is 5.73 Å². The standard InChI is InChI=1S/C17H28BrNS/c1-2-3-4-5-6-7-8-11-15(19)14-20-17-13-10-9-12-16(17)18/h9-10,12-13,15H,2-8,11,14,19H2,1H3. The number of nitrogens with two attached hydrogens (primary N) is 1. The first-order valence-corrected chi connectivity index (χ1v) is 9.64. The number of halogens is 1. The quantitative estimate of drug-likeness (QED) is 0.387. The SMILES string of the molecule is CCCCCCCCCC(N)CSc1ccccc1Br. The van der Waals surface area contributed by atoms with E-state index in [1.807, 2.05) is 17.8 Å². The fourth-order valence-electron chi connectivity index (χ4n) is 2.21. The van der Waals surface area contributed by atoms with Gasteiger partial charge in [0.15, 0.2) is 0 Å². The van der Waals surface area contributed by atoms with Crippen molar-refractivity contribution in [3.8, 4) is 0 Å². The summed E-state index contributed by atoms with van der Waals surface area (Å²) in [6.07, 6.45) is 10.7. The molecule has 1 unspecified atom stereocenters. The van der Waals surface area contributed by atoms with Crippen molar-refractivity contribution in [3.05, 3.63) is 28.7 Å². The molecule has 1 rings (SSSR count). The molecule has 0 aliphatic carbocycles. The fourth-order valence-corrected chi connectivity index (χ4v) is 3.77. The highest BCUT2D eigenvalue weighted by atomic mass is 79.9. The first-order chi connectivity index (χ1) is 9.74. The lowest BCUT2D eigenvalue weighted by molar-refractivity contribution is 0.549. The van der Waals surface area contributed by atoms with Gasteiger partial charge in [0.1, 0.15) is 0 Å². The normalized spacial score (nSPS) is 12.6.